The zero-order valence-corrected chi connectivity index (χ0v) is 22.8. The predicted octanol–water partition coefficient (Wildman–Crippen LogP) is 4.73. The molecule has 1 N–H and O–H groups in total. The summed E-state index contributed by atoms with van der Waals surface area (Å²) < 4.78 is 25.9. The number of amides is 2. The molecule has 7 nitrogen and oxygen atoms in total. The molecule has 0 unspecified atom stereocenters. The molecule has 0 heterocycles. The van der Waals surface area contributed by atoms with Gasteiger partial charge in [-0.1, -0.05) is 61.3 Å². The number of carbonyl (C=O) groups excluding carboxylic acids is 2. The Morgan fingerprint density at radius 2 is 1.69 bits per heavy atom. The molecule has 0 bridgehead atoms. The van der Waals surface area contributed by atoms with Crippen molar-refractivity contribution in [2.75, 3.05) is 23.7 Å². The molecule has 0 spiro atoms. The lowest BCUT2D eigenvalue weighted by atomic mass is 10.1. The molecule has 0 saturated heterocycles. The minimum atomic E-state index is -3.53. The number of sulfonamides is 1. The van der Waals surface area contributed by atoms with E-state index < -0.39 is 16.1 Å². The number of hydrogen-bond donors (Lipinski definition) is 1. The fourth-order valence-corrected chi connectivity index (χ4v) is 4.90. The van der Waals surface area contributed by atoms with Crippen LogP contribution in [0.25, 0.3) is 0 Å². The maximum Gasteiger partial charge on any atom is 0.242 e. The lowest BCUT2D eigenvalue weighted by Crippen LogP contribution is -2.48. The van der Waals surface area contributed by atoms with Gasteiger partial charge in [-0.3, -0.25) is 13.9 Å². The number of anilines is 1. The molecule has 0 fully saturated rings. The first-order valence-corrected chi connectivity index (χ1v) is 14.0. The molecule has 35 heavy (non-hydrogen) atoms. The van der Waals surface area contributed by atoms with Gasteiger partial charge in [0, 0.05) is 36.1 Å². The molecular formula is C25H33Cl2N3O4S. The van der Waals surface area contributed by atoms with Gasteiger partial charge < -0.3 is 10.2 Å². The molecule has 0 aromatic heterocycles. The molecule has 192 valence electrons. The first kappa shape index (κ1) is 28.9. The summed E-state index contributed by atoms with van der Waals surface area (Å²) >= 11 is 12.3. The SMILES string of the molecule is CC(C)CNC(=O)[C@@H](C)N(Cc1ccc(Cl)cc1Cl)C(=O)CCCN(c1ccccc1)S(C)(=O)=O. The molecule has 0 aliphatic carbocycles. The second-order valence-corrected chi connectivity index (χ2v) is 11.6. The van der Waals surface area contributed by atoms with Crippen LogP contribution in [0.5, 0.6) is 0 Å². The second kappa shape index (κ2) is 13.1. The summed E-state index contributed by atoms with van der Waals surface area (Å²) in [5, 5.41) is 3.74. The lowest BCUT2D eigenvalue weighted by molar-refractivity contribution is -0.140. The van der Waals surface area contributed by atoms with Gasteiger partial charge in [-0.05, 0) is 49.1 Å². The summed E-state index contributed by atoms with van der Waals surface area (Å²) in [5.41, 5.74) is 1.20. The van der Waals surface area contributed by atoms with E-state index in [0.29, 0.717) is 27.8 Å². The molecule has 10 heteroatoms. The zero-order chi connectivity index (χ0) is 26.2. The maximum atomic E-state index is 13.3. The van der Waals surface area contributed by atoms with Gasteiger partial charge >= 0.3 is 0 Å². The number of hydrogen-bond acceptors (Lipinski definition) is 4. The zero-order valence-electron chi connectivity index (χ0n) is 20.5. The first-order chi connectivity index (χ1) is 16.4. The predicted molar refractivity (Wildman–Crippen MR) is 142 cm³/mol. The Bertz CT molecular complexity index is 1110. The smallest absolute Gasteiger partial charge is 0.242 e. The number of carbonyl (C=O) groups is 2. The van der Waals surface area contributed by atoms with Crippen LogP contribution >= 0.6 is 23.2 Å². The average molecular weight is 543 g/mol. The maximum absolute atomic E-state index is 13.3. The van der Waals surface area contributed by atoms with E-state index in [9.17, 15) is 18.0 Å². The van der Waals surface area contributed by atoms with Crippen molar-refractivity contribution in [1.82, 2.24) is 10.2 Å². The van der Waals surface area contributed by atoms with Crippen LogP contribution < -0.4 is 9.62 Å². The fraction of sp³-hybridized carbons (Fsp3) is 0.440. The van der Waals surface area contributed by atoms with E-state index in [4.69, 9.17) is 23.2 Å². The fourth-order valence-electron chi connectivity index (χ4n) is 3.47. The molecule has 2 aromatic carbocycles. The van der Waals surface area contributed by atoms with Crippen LogP contribution in [0.1, 0.15) is 39.2 Å². The molecule has 0 radical (unpaired) electrons. The number of benzene rings is 2. The Morgan fingerprint density at radius 3 is 2.26 bits per heavy atom. The topological polar surface area (TPSA) is 86.8 Å². The Balaban J connectivity index is 2.18. The van der Waals surface area contributed by atoms with Gasteiger partial charge in [0.05, 0.1) is 11.9 Å². The van der Waals surface area contributed by atoms with E-state index >= 15 is 0 Å². The lowest BCUT2D eigenvalue weighted by Gasteiger charge is -2.30. The minimum Gasteiger partial charge on any atom is -0.354 e. The van der Waals surface area contributed by atoms with Gasteiger partial charge in [-0.2, -0.15) is 0 Å². The largest absolute Gasteiger partial charge is 0.354 e. The Kier molecular flexibility index (Phi) is 10.9. The highest BCUT2D eigenvalue weighted by atomic mass is 35.5. The summed E-state index contributed by atoms with van der Waals surface area (Å²) in [7, 11) is -3.53. The van der Waals surface area contributed by atoms with Crippen LogP contribution in [-0.4, -0.2) is 50.5 Å². The molecule has 2 rings (SSSR count). The quantitative estimate of drug-likeness (QED) is 0.420. The van der Waals surface area contributed by atoms with Crippen molar-refractivity contribution >= 4 is 50.7 Å². The average Bonchev–Trinajstić information content (AvgIpc) is 2.79. The van der Waals surface area contributed by atoms with Crippen LogP contribution in [0.4, 0.5) is 5.69 Å². The van der Waals surface area contributed by atoms with Crippen LogP contribution in [0.2, 0.25) is 10.0 Å². The van der Waals surface area contributed by atoms with E-state index in [1.165, 1.54) is 9.21 Å². The Morgan fingerprint density at radius 1 is 1.03 bits per heavy atom. The molecule has 0 saturated carbocycles. The van der Waals surface area contributed by atoms with E-state index in [2.05, 4.69) is 5.32 Å². The highest BCUT2D eigenvalue weighted by molar-refractivity contribution is 7.92. The third kappa shape index (κ3) is 9.02. The number of nitrogens with zero attached hydrogens (tertiary/aromatic N) is 2. The number of nitrogens with one attached hydrogen (secondary N) is 1. The molecule has 0 aliphatic heterocycles. The minimum absolute atomic E-state index is 0.0614. The van der Waals surface area contributed by atoms with Crippen molar-refractivity contribution in [3.63, 3.8) is 0 Å². The van der Waals surface area contributed by atoms with Gasteiger partial charge in [0.25, 0.3) is 0 Å². The van der Waals surface area contributed by atoms with Gasteiger partial charge in [-0.15, -0.1) is 0 Å². The van der Waals surface area contributed by atoms with Gasteiger partial charge in [0.1, 0.15) is 6.04 Å². The van der Waals surface area contributed by atoms with E-state index in [1.54, 1.807) is 55.5 Å². The van der Waals surface area contributed by atoms with E-state index in [0.717, 1.165) is 6.26 Å². The van der Waals surface area contributed by atoms with Crippen molar-refractivity contribution < 1.29 is 18.0 Å². The first-order valence-electron chi connectivity index (χ1n) is 11.4. The van der Waals surface area contributed by atoms with Crippen molar-refractivity contribution in [1.29, 1.82) is 0 Å². The van der Waals surface area contributed by atoms with Crippen molar-refractivity contribution in [3.05, 3.63) is 64.1 Å². The van der Waals surface area contributed by atoms with Crippen LogP contribution in [-0.2, 0) is 26.2 Å². The van der Waals surface area contributed by atoms with Crippen LogP contribution in [0.15, 0.2) is 48.5 Å². The summed E-state index contributed by atoms with van der Waals surface area (Å²) in [6, 6.07) is 13.0. The third-order valence-electron chi connectivity index (χ3n) is 5.40. The van der Waals surface area contributed by atoms with Gasteiger partial charge in [-0.25, -0.2) is 8.42 Å². The van der Waals surface area contributed by atoms with Crippen LogP contribution in [0.3, 0.4) is 0 Å². The highest BCUT2D eigenvalue weighted by Gasteiger charge is 2.27. The normalized spacial score (nSPS) is 12.3. The third-order valence-corrected chi connectivity index (χ3v) is 7.18. The van der Waals surface area contributed by atoms with Crippen LogP contribution in [0, 0.1) is 5.92 Å². The molecule has 2 aromatic rings. The summed E-state index contributed by atoms with van der Waals surface area (Å²) in [6.45, 7) is 6.40. The summed E-state index contributed by atoms with van der Waals surface area (Å²) in [6.07, 6.45) is 1.48. The van der Waals surface area contributed by atoms with E-state index in [-0.39, 0.29) is 43.7 Å². The van der Waals surface area contributed by atoms with E-state index in [1.807, 2.05) is 13.8 Å². The standard InChI is InChI=1S/C25H33Cl2N3O4S/c1-18(2)16-28-25(32)19(3)29(17-20-12-13-21(26)15-23(20)27)24(31)11-8-14-30(35(4,33)34)22-9-6-5-7-10-22/h5-7,9-10,12-13,15,18-19H,8,11,14,16-17H2,1-4H3,(H,28,32)/t19-/m1/s1. The molecule has 2 amide bonds. The Labute approximate surface area is 218 Å². The number of para-hydroxylation sites is 1. The summed E-state index contributed by atoms with van der Waals surface area (Å²) in [4.78, 5) is 27.5. The molecular weight excluding hydrogens is 509 g/mol. The van der Waals surface area contributed by atoms with Gasteiger partial charge in [0.15, 0.2) is 0 Å². The van der Waals surface area contributed by atoms with Crippen molar-refractivity contribution in [2.24, 2.45) is 5.92 Å². The molecule has 0 aliphatic rings. The van der Waals surface area contributed by atoms with Gasteiger partial charge in [0.2, 0.25) is 21.8 Å². The second-order valence-electron chi connectivity index (χ2n) is 8.85. The molecule has 1 atom stereocenters. The van der Waals surface area contributed by atoms with Crippen molar-refractivity contribution in [2.45, 2.75) is 46.2 Å². The Hall–Kier alpha value is -2.29. The highest BCUT2D eigenvalue weighted by Crippen LogP contribution is 2.24. The number of rotatable bonds is 12. The summed E-state index contributed by atoms with van der Waals surface area (Å²) in [5.74, 6) is -0.273. The van der Waals surface area contributed by atoms with Crippen molar-refractivity contribution in [3.8, 4) is 0 Å². The monoisotopic (exact) mass is 541 g/mol. The number of halogens is 2.